The highest BCUT2D eigenvalue weighted by molar-refractivity contribution is 7.93. The summed E-state index contributed by atoms with van der Waals surface area (Å²) in [5.41, 5.74) is 0. The van der Waals surface area contributed by atoms with Gasteiger partial charge in [0.1, 0.15) is 0 Å². The van der Waals surface area contributed by atoms with Crippen molar-refractivity contribution in [2.75, 3.05) is 19.6 Å². The first-order valence-electron chi connectivity index (χ1n) is 4.75. The molecule has 1 unspecified atom stereocenters. The summed E-state index contributed by atoms with van der Waals surface area (Å²) in [7, 11) is -9.78. The molecule has 1 aliphatic heterocycles. The number of aliphatic imine (C=N–C) groups is 1. The van der Waals surface area contributed by atoms with Gasteiger partial charge in [0.05, 0.1) is 0 Å². The van der Waals surface area contributed by atoms with Crippen LogP contribution in [0.4, 0.5) is 0 Å². The zero-order valence-electron chi connectivity index (χ0n) is 8.77. The lowest BCUT2D eigenvalue weighted by Crippen LogP contribution is -2.45. The molecule has 0 spiro atoms. The Balaban J connectivity index is 2.69. The predicted molar refractivity (Wildman–Crippen MR) is 60.3 cm³/mol. The Bertz CT molecular complexity index is 443. The van der Waals surface area contributed by atoms with E-state index in [1.807, 2.05) is 0 Å². The van der Waals surface area contributed by atoms with E-state index in [-0.39, 0.29) is 5.96 Å². The van der Waals surface area contributed by atoms with E-state index in [2.05, 4.69) is 15.6 Å². The maximum Gasteiger partial charge on any atom is 0.347 e. The maximum atomic E-state index is 10.9. The number of hydrogen-bond acceptors (Lipinski definition) is 6. The minimum absolute atomic E-state index is 0.262. The molecule has 0 saturated heterocycles. The van der Waals surface area contributed by atoms with Crippen LogP contribution >= 0.6 is 7.60 Å². The topological polar surface area (TPSA) is 148 Å². The Labute approximate surface area is 98.2 Å². The van der Waals surface area contributed by atoms with Crippen molar-refractivity contribution < 1.29 is 27.3 Å². The zero-order chi connectivity index (χ0) is 13.1. The highest BCUT2D eigenvalue weighted by Crippen LogP contribution is 2.43. The van der Waals surface area contributed by atoms with E-state index in [0.717, 1.165) is 6.42 Å². The third-order valence-electron chi connectivity index (χ3n) is 2.06. The van der Waals surface area contributed by atoms with Crippen molar-refractivity contribution in [2.45, 2.75) is 11.4 Å². The minimum Gasteiger partial charge on any atom is -0.356 e. The second-order valence-corrected chi connectivity index (χ2v) is 7.20. The number of hydrogen-bond donors (Lipinski definition) is 5. The summed E-state index contributed by atoms with van der Waals surface area (Å²) in [5.74, 6) is 0.262. The summed E-state index contributed by atoms with van der Waals surface area (Å²) in [5, 5.41) is 5.23. The molecule has 9 nitrogen and oxygen atoms in total. The van der Waals surface area contributed by atoms with Crippen molar-refractivity contribution in [3.8, 4) is 0 Å². The average Bonchev–Trinajstić information content (AvgIpc) is 2.15. The first kappa shape index (κ1) is 14.4. The Morgan fingerprint density at radius 3 is 2.59 bits per heavy atom. The van der Waals surface area contributed by atoms with Crippen LogP contribution in [0.25, 0.3) is 0 Å². The number of nitrogens with zero attached hydrogens (tertiary/aromatic N) is 1. The monoisotopic (exact) mass is 287 g/mol. The van der Waals surface area contributed by atoms with E-state index in [1.165, 1.54) is 0 Å². The minimum atomic E-state index is -4.95. The van der Waals surface area contributed by atoms with Crippen molar-refractivity contribution in [1.82, 2.24) is 10.6 Å². The molecule has 1 atom stereocenters. The molecule has 11 heteroatoms. The molecule has 0 aromatic rings. The van der Waals surface area contributed by atoms with Crippen LogP contribution in [0.15, 0.2) is 4.99 Å². The van der Waals surface area contributed by atoms with Gasteiger partial charge < -0.3 is 20.4 Å². The molecule has 0 aromatic heterocycles. The lowest BCUT2D eigenvalue weighted by Gasteiger charge is -2.20. The molecule has 17 heavy (non-hydrogen) atoms. The van der Waals surface area contributed by atoms with Crippen LogP contribution < -0.4 is 10.6 Å². The van der Waals surface area contributed by atoms with Gasteiger partial charge in [0, 0.05) is 19.6 Å². The summed E-state index contributed by atoms with van der Waals surface area (Å²) < 4.78 is 41.3. The molecular formula is C6H14N3O6PS. The predicted octanol–water partition coefficient (Wildman–Crippen LogP) is -1.68. The third kappa shape index (κ3) is 4.60. The van der Waals surface area contributed by atoms with E-state index >= 15 is 0 Å². The first-order valence-corrected chi connectivity index (χ1v) is 7.93. The SMILES string of the molecule is O=P(O)(O)C(CNC1=NCCCN1)S(=O)(=O)O. The lowest BCUT2D eigenvalue weighted by atomic mass is 10.4. The zero-order valence-corrected chi connectivity index (χ0v) is 10.5. The second kappa shape index (κ2) is 5.32. The molecule has 1 heterocycles. The normalized spacial score (nSPS) is 19.1. The molecule has 0 aromatic carbocycles. The number of guanidine groups is 1. The van der Waals surface area contributed by atoms with Gasteiger partial charge in [0.2, 0.25) is 4.99 Å². The molecule has 0 saturated carbocycles. The molecule has 0 fully saturated rings. The summed E-state index contributed by atoms with van der Waals surface area (Å²) in [4.78, 5) is 19.4. The molecule has 0 bridgehead atoms. The smallest absolute Gasteiger partial charge is 0.347 e. The summed E-state index contributed by atoms with van der Waals surface area (Å²) in [6.45, 7) is 0.564. The standard InChI is InChI=1S/C6H14N3O6PS/c10-16(11,12)5(17(13,14)15)4-9-6-7-2-1-3-8-6/h5H,1-4H2,(H2,7,8,9)(H2,10,11,12)(H,13,14,15). The molecule has 1 rings (SSSR count). The fourth-order valence-corrected chi connectivity index (χ4v) is 3.24. The fraction of sp³-hybridized carbons (Fsp3) is 0.833. The third-order valence-corrected chi connectivity index (χ3v) is 5.47. The van der Waals surface area contributed by atoms with Gasteiger partial charge >= 0.3 is 7.60 Å². The highest BCUT2D eigenvalue weighted by Gasteiger charge is 2.39. The van der Waals surface area contributed by atoms with Crippen LogP contribution in [-0.4, -0.2) is 53.3 Å². The van der Waals surface area contributed by atoms with Gasteiger partial charge in [-0.2, -0.15) is 8.42 Å². The van der Waals surface area contributed by atoms with Crippen molar-refractivity contribution in [3.63, 3.8) is 0 Å². The molecule has 1 aliphatic rings. The van der Waals surface area contributed by atoms with Crippen molar-refractivity contribution >= 4 is 23.7 Å². The molecule has 5 N–H and O–H groups in total. The van der Waals surface area contributed by atoms with Gasteiger partial charge in [0.25, 0.3) is 10.1 Å². The summed E-state index contributed by atoms with van der Waals surface area (Å²) in [6.07, 6.45) is 0.825. The average molecular weight is 287 g/mol. The Hall–Kier alpha value is -0.670. The number of nitrogens with one attached hydrogen (secondary N) is 2. The first-order chi connectivity index (χ1) is 7.71. The largest absolute Gasteiger partial charge is 0.356 e. The molecule has 0 aliphatic carbocycles. The Morgan fingerprint density at radius 2 is 2.18 bits per heavy atom. The Morgan fingerprint density at radius 1 is 1.53 bits per heavy atom. The van der Waals surface area contributed by atoms with Crippen molar-refractivity contribution in [2.24, 2.45) is 4.99 Å². The number of rotatable bonds is 4. The van der Waals surface area contributed by atoms with Crippen molar-refractivity contribution in [3.05, 3.63) is 0 Å². The van der Waals surface area contributed by atoms with Gasteiger partial charge in [-0.05, 0) is 6.42 Å². The van der Waals surface area contributed by atoms with E-state index in [9.17, 15) is 13.0 Å². The molecular weight excluding hydrogens is 273 g/mol. The van der Waals surface area contributed by atoms with E-state index in [4.69, 9.17) is 14.3 Å². The molecule has 0 radical (unpaired) electrons. The molecule has 0 amide bonds. The summed E-state index contributed by atoms with van der Waals surface area (Å²) in [6, 6.07) is 0. The van der Waals surface area contributed by atoms with Crippen LogP contribution in [0.3, 0.4) is 0 Å². The van der Waals surface area contributed by atoms with Gasteiger partial charge in [0.15, 0.2) is 5.96 Å². The van der Waals surface area contributed by atoms with Gasteiger partial charge in [-0.15, -0.1) is 0 Å². The molecule has 100 valence electrons. The van der Waals surface area contributed by atoms with E-state index in [1.54, 1.807) is 0 Å². The Kier molecular flexibility index (Phi) is 4.50. The highest BCUT2D eigenvalue weighted by atomic mass is 32.2. The van der Waals surface area contributed by atoms with Gasteiger partial charge in [-0.3, -0.25) is 14.1 Å². The lowest BCUT2D eigenvalue weighted by molar-refractivity contribution is 0.363. The van der Waals surface area contributed by atoms with Crippen molar-refractivity contribution in [1.29, 1.82) is 0 Å². The van der Waals surface area contributed by atoms with Crippen LogP contribution in [-0.2, 0) is 14.7 Å². The van der Waals surface area contributed by atoms with Crippen LogP contribution in [0.1, 0.15) is 6.42 Å². The van der Waals surface area contributed by atoms with Gasteiger partial charge in [-0.1, -0.05) is 0 Å². The van der Waals surface area contributed by atoms with Gasteiger partial charge in [-0.25, -0.2) is 0 Å². The fourth-order valence-electron chi connectivity index (χ4n) is 1.23. The summed E-state index contributed by atoms with van der Waals surface area (Å²) >= 11 is 0. The quantitative estimate of drug-likeness (QED) is 0.304. The van der Waals surface area contributed by atoms with E-state index < -0.39 is 29.2 Å². The second-order valence-electron chi connectivity index (χ2n) is 3.45. The van der Waals surface area contributed by atoms with Crippen LogP contribution in [0, 0.1) is 0 Å². The van der Waals surface area contributed by atoms with E-state index in [0.29, 0.717) is 13.1 Å². The van der Waals surface area contributed by atoms with Crippen LogP contribution in [0.2, 0.25) is 0 Å². The van der Waals surface area contributed by atoms with Crippen LogP contribution in [0.5, 0.6) is 0 Å². The maximum absolute atomic E-state index is 10.9.